The van der Waals surface area contributed by atoms with Crippen molar-refractivity contribution in [1.29, 1.82) is 0 Å². The average Bonchev–Trinajstić information content (AvgIpc) is 2.83. The molecule has 1 atom stereocenters. The first-order valence-electron chi connectivity index (χ1n) is 12.0. The van der Waals surface area contributed by atoms with Gasteiger partial charge in [0.1, 0.15) is 18.4 Å². The van der Waals surface area contributed by atoms with E-state index in [9.17, 15) is 22.4 Å². The Kier molecular flexibility index (Phi) is 9.26. The SMILES string of the molecule is C[C@H](C(=O)NC1CCCCC1)N(CCc1ccccc1)C(=O)CN(c1cccc(F)c1)S(C)(=O)=O. The predicted octanol–water partition coefficient (Wildman–Crippen LogP) is 3.50. The summed E-state index contributed by atoms with van der Waals surface area (Å²) < 4.78 is 39.7. The van der Waals surface area contributed by atoms with Gasteiger partial charge in [-0.15, -0.1) is 0 Å². The quantitative estimate of drug-likeness (QED) is 0.538. The Balaban J connectivity index is 1.81. The highest BCUT2D eigenvalue weighted by molar-refractivity contribution is 7.92. The van der Waals surface area contributed by atoms with E-state index < -0.39 is 34.3 Å². The standard InChI is InChI=1S/C26H34FN3O4S/c1-20(26(32)28-23-13-7-4-8-14-23)29(17-16-21-10-5-3-6-11-21)25(31)19-30(35(2,33)34)24-15-9-12-22(27)18-24/h3,5-6,9-12,15,18,20,23H,4,7-8,13-14,16-17,19H2,1-2H3,(H,28,32)/t20-/m1/s1. The van der Waals surface area contributed by atoms with Gasteiger partial charge in [0.25, 0.3) is 0 Å². The lowest BCUT2D eigenvalue weighted by Gasteiger charge is -2.33. The molecule has 1 saturated carbocycles. The summed E-state index contributed by atoms with van der Waals surface area (Å²) >= 11 is 0. The first kappa shape index (κ1) is 26.7. The van der Waals surface area contributed by atoms with Crippen molar-refractivity contribution >= 4 is 27.5 Å². The number of sulfonamides is 1. The Bertz CT molecular complexity index is 1100. The molecule has 0 spiro atoms. The third-order valence-corrected chi connectivity index (χ3v) is 7.52. The van der Waals surface area contributed by atoms with Crippen molar-refractivity contribution in [3.8, 4) is 0 Å². The smallest absolute Gasteiger partial charge is 0.244 e. The monoisotopic (exact) mass is 503 g/mol. The number of amides is 2. The summed E-state index contributed by atoms with van der Waals surface area (Å²) in [6, 6.07) is 14.0. The summed E-state index contributed by atoms with van der Waals surface area (Å²) in [4.78, 5) is 28.0. The van der Waals surface area contributed by atoms with Crippen LogP contribution < -0.4 is 9.62 Å². The van der Waals surface area contributed by atoms with E-state index in [-0.39, 0.29) is 24.2 Å². The van der Waals surface area contributed by atoms with Crippen LogP contribution in [-0.4, -0.2) is 56.6 Å². The zero-order valence-electron chi connectivity index (χ0n) is 20.3. The molecule has 1 aliphatic carbocycles. The maximum atomic E-state index is 13.8. The van der Waals surface area contributed by atoms with Crippen LogP contribution in [0.3, 0.4) is 0 Å². The average molecular weight is 504 g/mol. The fraction of sp³-hybridized carbons (Fsp3) is 0.462. The van der Waals surface area contributed by atoms with Crippen molar-refractivity contribution in [1.82, 2.24) is 10.2 Å². The van der Waals surface area contributed by atoms with Crippen molar-refractivity contribution in [2.24, 2.45) is 0 Å². The molecule has 190 valence electrons. The second-order valence-electron chi connectivity index (χ2n) is 9.09. The molecule has 0 radical (unpaired) electrons. The molecule has 0 aliphatic heterocycles. The van der Waals surface area contributed by atoms with Crippen molar-refractivity contribution in [3.05, 3.63) is 66.0 Å². The third kappa shape index (κ3) is 7.78. The van der Waals surface area contributed by atoms with E-state index >= 15 is 0 Å². The van der Waals surface area contributed by atoms with Gasteiger partial charge in [0, 0.05) is 12.6 Å². The van der Waals surface area contributed by atoms with Crippen molar-refractivity contribution in [2.75, 3.05) is 23.7 Å². The van der Waals surface area contributed by atoms with Gasteiger partial charge in [-0.25, -0.2) is 12.8 Å². The fourth-order valence-electron chi connectivity index (χ4n) is 4.38. The van der Waals surface area contributed by atoms with E-state index in [1.807, 2.05) is 30.3 Å². The second-order valence-corrected chi connectivity index (χ2v) is 11.0. The number of anilines is 1. The minimum atomic E-state index is -3.88. The number of carbonyl (C=O) groups is 2. The maximum absolute atomic E-state index is 13.8. The van der Waals surface area contributed by atoms with Crippen molar-refractivity contribution < 1.29 is 22.4 Å². The van der Waals surface area contributed by atoms with Crippen LogP contribution in [0.25, 0.3) is 0 Å². The number of carbonyl (C=O) groups excluding carboxylic acids is 2. The highest BCUT2D eigenvalue weighted by Crippen LogP contribution is 2.20. The fourth-order valence-corrected chi connectivity index (χ4v) is 5.23. The van der Waals surface area contributed by atoms with Gasteiger partial charge in [0.2, 0.25) is 21.8 Å². The summed E-state index contributed by atoms with van der Waals surface area (Å²) in [6.45, 7) is 1.37. The molecule has 0 aromatic heterocycles. The molecule has 7 nitrogen and oxygen atoms in total. The number of hydrogen-bond acceptors (Lipinski definition) is 4. The molecule has 2 aromatic rings. The largest absolute Gasteiger partial charge is 0.352 e. The normalized spacial score (nSPS) is 15.3. The molecule has 2 amide bonds. The third-order valence-electron chi connectivity index (χ3n) is 6.38. The van der Waals surface area contributed by atoms with Crippen LogP contribution in [0.5, 0.6) is 0 Å². The molecule has 1 fully saturated rings. The molecule has 9 heteroatoms. The molecular weight excluding hydrogens is 469 g/mol. The molecule has 0 unspecified atom stereocenters. The number of nitrogens with zero attached hydrogens (tertiary/aromatic N) is 2. The van der Waals surface area contributed by atoms with E-state index in [1.165, 1.54) is 23.1 Å². The molecular formula is C26H34FN3O4S. The molecule has 35 heavy (non-hydrogen) atoms. The van der Waals surface area contributed by atoms with Gasteiger partial charge >= 0.3 is 0 Å². The molecule has 0 saturated heterocycles. The van der Waals surface area contributed by atoms with Crippen LogP contribution in [0.15, 0.2) is 54.6 Å². The second kappa shape index (κ2) is 12.2. The summed E-state index contributed by atoms with van der Waals surface area (Å²) in [7, 11) is -3.88. The molecule has 0 bridgehead atoms. The van der Waals surface area contributed by atoms with Crippen molar-refractivity contribution in [2.45, 2.75) is 57.5 Å². The van der Waals surface area contributed by atoms with Crippen LogP contribution in [0.2, 0.25) is 0 Å². The van der Waals surface area contributed by atoms with Crippen LogP contribution in [0, 0.1) is 5.82 Å². The van der Waals surface area contributed by atoms with Crippen LogP contribution in [0.4, 0.5) is 10.1 Å². The van der Waals surface area contributed by atoms with Gasteiger partial charge in [-0.1, -0.05) is 55.7 Å². The summed E-state index contributed by atoms with van der Waals surface area (Å²) in [6.07, 6.45) is 6.59. The van der Waals surface area contributed by atoms with Gasteiger partial charge < -0.3 is 10.2 Å². The first-order valence-corrected chi connectivity index (χ1v) is 13.9. The first-order chi connectivity index (χ1) is 16.6. The number of hydrogen-bond donors (Lipinski definition) is 1. The van der Waals surface area contributed by atoms with Gasteiger partial charge in [-0.2, -0.15) is 0 Å². The highest BCUT2D eigenvalue weighted by Gasteiger charge is 2.31. The number of halogens is 1. The number of nitrogens with one attached hydrogen (secondary N) is 1. The van der Waals surface area contributed by atoms with Crippen molar-refractivity contribution in [3.63, 3.8) is 0 Å². The Morgan fingerprint density at radius 2 is 1.74 bits per heavy atom. The minimum absolute atomic E-state index is 0.0585. The number of benzene rings is 2. The topological polar surface area (TPSA) is 86.8 Å². The van der Waals surface area contributed by atoms with Gasteiger partial charge in [-0.3, -0.25) is 13.9 Å². The lowest BCUT2D eigenvalue weighted by Crippen LogP contribution is -2.53. The van der Waals surface area contributed by atoms with Gasteiger partial charge in [0.05, 0.1) is 11.9 Å². The summed E-state index contributed by atoms with van der Waals surface area (Å²) in [5.74, 6) is -1.39. The minimum Gasteiger partial charge on any atom is -0.352 e. The lowest BCUT2D eigenvalue weighted by molar-refractivity contribution is -0.139. The van der Waals surface area contributed by atoms with E-state index in [2.05, 4.69) is 5.32 Å². The molecule has 1 aliphatic rings. The Morgan fingerprint density at radius 3 is 2.37 bits per heavy atom. The van der Waals surface area contributed by atoms with E-state index in [0.717, 1.165) is 54.3 Å². The predicted molar refractivity (Wildman–Crippen MR) is 135 cm³/mol. The highest BCUT2D eigenvalue weighted by atomic mass is 32.2. The van der Waals surface area contributed by atoms with Crippen LogP contribution in [-0.2, 0) is 26.0 Å². The number of rotatable bonds is 10. The molecule has 0 heterocycles. The van der Waals surface area contributed by atoms with E-state index in [4.69, 9.17) is 0 Å². The maximum Gasteiger partial charge on any atom is 0.244 e. The van der Waals surface area contributed by atoms with Crippen LogP contribution in [0.1, 0.15) is 44.6 Å². The zero-order chi connectivity index (χ0) is 25.4. The van der Waals surface area contributed by atoms with Gasteiger partial charge in [-0.05, 0) is 49.9 Å². The van der Waals surface area contributed by atoms with Gasteiger partial charge in [0.15, 0.2) is 0 Å². The summed E-state index contributed by atoms with van der Waals surface area (Å²) in [5, 5.41) is 3.06. The molecule has 1 N–H and O–H groups in total. The van der Waals surface area contributed by atoms with E-state index in [0.29, 0.717) is 6.42 Å². The Morgan fingerprint density at radius 1 is 1.06 bits per heavy atom. The lowest BCUT2D eigenvalue weighted by atomic mass is 9.95. The molecule has 2 aromatic carbocycles. The Labute approximate surface area is 207 Å². The van der Waals surface area contributed by atoms with Crippen LogP contribution >= 0.6 is 0 Å². The zero-order valence-corrected chi connectivity index (χ0v) is 21.1. The van der Waals surface area contributed by atoms with E-state index in [1.54, 1.807) is 6.92 Å². The Hall–Kier alpha value is -2.94. The molecule has 3 rings (SSSR count). The summed E-state index contributed by atoms with van der Waals surface area (Å²) in [5.41, 5.74) is 1.05.